The first-order chi connectivity index (χ1) is 19.3. The zero-order chi connectivity index (χ0) is 28.2. The summed E-state index contributed by atoms with van der Waals surface area (Å²) in [4.78, 5) is 32.4. The van der Waals surface area contributed by atoms with Gasteiger partial charge in [0.1, 0.15) is 4.90 Å². The van der Waals surface area contributed by atoms with Crippen LogP contribution < -0.4 is 4.72 Å². The number of aromatic nitrogens is 1. The van der Waals surface area contributed by atoms with Crippen LogP contribution in [0.1, 0.15) is 35.7 Å². The van der Waals surface area contributed by atoms with Crippen LogP contribution in [-0.4, -0.2) is 49.9 Å². The van der Waals surface area contributed by atoms with Crippen molar-refractivity contribution in [2.24, 2.45) is 5.41 Å². The molecule has 3 aromatic carbocycles. The van der Waals surface area contributed by atoms with Gasteiger partial charge in [-0.2, -0.15) is 0 Å². The molecule has 9 heteroatoms. The molecule has 206 valence electrons. The van der Waals surface area contributed by atoms with Gasteiger partial charge in [0.05, 0.1) is 17.5 Å². The fourth-order valence-corrected chi connectivity index (χ4v) is 6.47. The van der Waals surface area contributed by atoms with Crippen LogP contribution in [0.2, 0.25) is 0 Å². The second-order valence-corrected chi connectivity index (χ2v) is 11.6. The number of carbonyl (C=O) groups excluding carboxylic acids is 2. The number of sulfonamides is 1. The summed E-state index contributed by atoms with van der Waals surface area (Å²) in [5.41, 5.74) is 1.56. The highest BCUT2D eigenvalue weighted by Gasteiger charge is 2.43. The second kappa shape index (κ2) is 11.5. The lowest BCUT2D eigenvalue weighted by molar-refractivity contribution is -0.158. The van der Waals surface area contributed by atoms with Gasteiger partial charge in [0.2, 0.25) is 0 Å². The van der Waals surface area contributed by atoms with E-state index < -0.39 is 15.4 Å². The van der Waals surface area contributed by atoms with E-state index in [0.29, 0.717) is 55.7 Å². The molecule has 0 aliphatic carbocycles. The van der Waals surface area contributed by atoms with E-state index in [1.165, 1.54) is 6.07 Å². The molecule has 0 radical (unpaired) electrons. The van der Waals surface area contributed by atoms with E-state index in [-0.39, 0.29) is 16.8 Å². The summed E-state index contributed by atoms with van der Waals surface area (Å²) >= 11 is 0. The van der Waals surface area contributed by atoms with Gasteiger partial charge in [0, 0.05) is 35.9 Å². The summed E-state index contributed by atoms with van der Waals surface area (Å²) in [5, 5.41) is 0.726. The monoisotopic (exact) mass is 557 g/mol. The molecule has 40 heavy (non-hydrogen) atoms. The summed E-state index contributed by atoms with van der Waals surface area (Å²) in [5.74, 6) is -0.381. The molecule has 0 saturated carbocycles. The van der Waals surface area contributed by atoms with E-state index in [1.54, 1.807) is 66.6 Å². The average molecular weight is 558 g/mol. The zero-order valence-electron chi connectivity index (χ0n) is 22.2. The third kappa shape index (κ3) is 5.70. The van der Waals surface area contributed by atoms with Crippen molar-refractivity contribution in [2.45, 2.75) is 31.1 Å². The van der Waals surface area contributed by atoms with Gasteiger partial charge in [0.25, 0.3) is 15.9 Å². The Hall–Kier alpha value is -4.24. The third-order valence-corrected chi connectivity index (χ3v) is 8.78. The molecular weight excluding hydrogens is 526 g/mol. The summed E-state index contributed by atoms with van der Waals surface area (Å²) < 4.78 is 34.3. The molecule has 0 unspecified atom stereocenters. The van der Waals surface area contributed by atoms with E-state index in [0.717, 1.165) is 10.9 Å². The van der Waals surface area contributed by atoms with E-state index in [2.05, 4.69) is 9.71 Å². The number of carbonyl (C=O) groups is 2. The maximum Gasteiger partial charge on any atom is 0.312 e. The molecule has 0 spiro atoms. The first kappa shape index (κ1) is 27.3. The van der Waals surface area contributed by atoms with Crippen molar-refractivity contribution in [3.63, 3.8) is 0 Å². The molecular formula is C31H31N3O5S. The van der Waals surface area contributed by atoms with Crippen LogP contribution in [0.25, 0.3) is 10.9 Å². The van der Waals surface area contributed by atoms with Gasteiger partial charge >= 0.3 is 5.97 Å². The first-order valence-electron chi connectivity index (χ1n) is 13.3. The van der Waals surface area contributed by atoms with Crippen LogP contribution in [0.5, 0.6) is 0 Å². The number of likely N-dealkylation sites (tertiary alicyclic amines) is 1. The van der Waals surface area contributed by atoms with Crippen molar-refractivity contribution >= 4 is 38.5 Å². The standard InChI is InChI=1S/C31H31N3O5S/c1-2-39-30(36)31(22-23-8-4-3-5-9-23)17-20-34(21-18-31)29(35)25-13-15-26(16-14-25)33-40(37,38)27-12-6-10-24-11-7-19-32-28(24)27/h3-16,19,33H,2,17-18,20-22H2,1H3. The molecule has 1 aromatic heterocycles. The number of para-hydroxylation sites is 1. The smallest absolute Gasteiger partial charge is 0.312 e. The van der Waals surface area contributed by atoms with Gasteiger partial charge in [-0.05, 0) is 68.1 Å². The van der Waals surface area contributed by atoms with Crippen molar-refractivity contribution < 1.29 is 22.7 Å². The number of rotatable bonds is 8. The lowest BCUT2D eigenvalue weighted by Crippen LogP contribution is -2.48. The van der Waals surface area contributed by atoms with Crippen LogP contribution in [0, 0.1) is 5.41 Å². The Morgan fingerprint density at radius 1 is 0.925 bits per heavy atom. The van der Waals surface area contributed by atoms with Gasteiger partial charge in [-0.15, -0.1) is 0 Å². The normalized spacial score (nSPS) is 15.0. The van der Waals surface area contributed by atoms with Crippen LogP contribution in [0.15, 0.2) is 96.0 Å². The minimum atomic E-state index is -3.90. The molecule has 1 N–H and O–H groups in total. The molecule has 1 saturated heterocycles. The number of nitrogens with zero attached hydrogens (tertiary/aromatic N) is 2. The van der Waals surface area contributed by atoms with Crippen LogP contribution in [0.4, 0.5) is 5.69 Å². The Morgan fingerprint density at radius 2 is 1.62 bits per heavy atom. The summed E-state index contributed by atoms with van der Waals surface area (Å²) in [6, 6.07) is 24.8. The molecule has 0 bridgehead atoms. The fourth-order valence-electron chi connectivity index (χ4n) is 5.23. The van der Waals surface area contributed by atoms with E-state index in [9.17, 15) is 18.0 Å². The number of pyridine rings is 1. The van der Waals surface area contributed by atoms with Gasteiger partial charge < -0.3 is 9.64 Å². The SMILES string of the molecule is CCOC(=O)C1(Cc2ccccc2)CCN(C(=O)c2ccc(NS(=O)(=O)c3cccc4cccnc34)cc2)CC1. The second-order valence-electron chi connectivity index (χ2n) is 9.97. The minimum absolute atomic E-state index is 0.0830. The number of hydrogen-bond donors (Lipinski definition) is 1. The highest BCUT2D eigenvalue weighted by Crippen LogP contribution is 2.37. The van der Waals surface area contributed by atoms with Crippen molar-refractivity contribution in [3.8, 4) is 0 Å². The molecule has 1 aliphatic rings. The fraction of sp³-hybridized carbons (Fsp3) is 0.258. The van der Waals surface area contributed by atoms with Gasteiger partial charge in [0.15, 0.2) is 0 Å². The van der Waals surface area contributed by atoms with Crippen molar-refractivity contribution in [3.05, 3.63) is 102 Å². The van der Waals surface area contributed by atoms with Gasteiger partial charge in [-0.3, -0.25) is 19.3 Å². The van der Waals surface area contributed by atoms with E-state index in [1.807, 2.05) is 30.3 Å². The van der Waals surface area contributed by atoms with Crippen molar-refractivity contribution in [2.75, 3.05) is 24.4 Å². The number of piperidine rings is 1. The lowest BCUT2D eigenvalue weighted by atomic mass is 9.73. The highest BCUT2D eigenvalue weighted by molar-refractivity contribution is 7.93. The number of hydrogen-bond acceptors (Lipinski definition) is 6. The molecule has 1 fully saturated rings. The molecule has 8 nitrogen and oxygen atoms in total. The van der Waals surface area contributed by atoms with Gasteiger partial charge in [-0.1, -0.05) is 48.5 Å². The van der Waals surface area contributed by atoms with Crippen molar-refractivity contribution in [1.82, 2.24) is 9.88 Å². The predicted molar refractivity (Wildman–Crippen MR) is 153 cm³/mol. The summed E-state index contributed by atoms with van der Waals surface area (Å²) in [6.07, 6.45) is 3.13. The minimum Gasteiger partial charge on any atom is -0.466 e. The number of anilines is 1. The summed E-state index contributed by atoms with van der Waals surface area (Å²) in [6.45, 7) is 2.96. The molecule has 5 rings (SSSR count). The Morgan fingerprint density at radius 3 is 2.33 bits per heavy atom. The number of nitrogens with one attached hydrogen (secondary N) is 1. The zero-order valence-corrected chi connectivity index (χ0v) is 23.1. The maximum atomic E-state index is 13.3. The molecule has 1 aliphatic heterocycles. The Kier molecular flexibility index (Phi) is 7.84. The van der Waals surface area contributed by atoms with E-state index in [4.69, 9.17) is 4.74 Å². The Balaban J connectivity index is 1.27. The topological polar surface area (TPSA) is 106 Å². The molecule has 1 amide bonds. The highest BCUT2D eigenvalue weighted by atomic mass is 32.2. The number of amides is 1. The van der Waals surface area contributed by atoms with E-state index >= 15 is 0 Å². The third-order valence-electron chi connectivity index (χ3n) is 7.37. The van der Waals surface area contributed by atoms with Crippen LogP contribution in [-0.2, 0) is 26.0 Å². The Bertz CT molecular complexity index is 1610. The predicted octanol–water partition coefficient (Wildman–Crippen LogP) is 5.06. The molecule has 0 atom stereocenters. The maximum absolute atomic E-state index is 13.3. The first-order valence-corrected chi connectivity index (χ1v) is 14.8. The largest absolute Gasteiger partial charge is 0.466 e. The number of ether oxygens (including phenoxy) is 1. The number of esters is 1. The van der Waals surface area contributed by atoms with Gasteiger partial charge in [-0.25, -0.2) is 8.42 Å². The molecule has 2 heterocycles. The quantitative estimate of drug-likeness (QED) is 0.304. The lowest BCUT2D eigenvalue weighted by Gasteiger charge is -2.40. The van der Waals surface area contributed by atoms with Crippen LogP contribution >= 0.6 is 0 Å². The summed E-state index contributed by atoms with van der Waals surface area (Å²) in [7, 11) is -3.90. The number of fused-ring (bicyclic) bond motifs is 1. The Labute approximate surface area is 234 Å². The average Bonchev–Trinajstić information content (AvgIpc) is 2.98. The van der Waals surface area contributed by atoms with Crippen LogP contribution in [0.3, 0.4) is 0 Å². The number of benzene rings is 3. The molecule has 4 aromatic rings. The van der Waals surface area contributed by atoms with Crippen molar-refractivity contribution in [1.29, 1.82) is 0 Å².